The zero-order chi connectivity index (χ0) is 9.38. The molecule has 0 amide bonds. The number of para-hydroxylation sites is 2. The van der Waals surface area contributed by atoms with E-state index in [1.54, 1.807) is 0 Å². The maximum absolute atomic E-state index is 4.63. The Kier molecular flexibility index (Phi) is 2.69. The predicted molar refractivity (Wildman–Crippen MR) is 55.7 cm³/mol. The fraction of sp³-hybridized carbons (Fsp3) is 0.167. The number of aryl methyl sites for hydroxylation is 1. The van der Waals surface area contributed by atoms with Gasteiger partial charge in [0.05, 0.1) is 0 Å². The molecule has 3 rings (SSSR count). The van der Waals surface area contributed by atoms with Crippen molar-refractivity contribution >= 4 is 17.1 Å². The Bertz CT molecular complexity index is 520. The van der Waals surface area contributed by atoms with Crippen molar-refractivity contribution in [2.24, 2.45) is 0 Å². The summed E-state index contributed by atoms with van der Waals surface area (Å²) in [6.07, 6.45) is 6.47. The van der Waals surface area contributed by atoms with Crippen molar-refractivity contribution in [3.63, 3.8) is 0 Å². The number of nitrogens with zero attached hydrogens (tertiary/aromatic N) is 1. The van der Waals surface area contributed by atoms with Crippen LogP contribution in [0.4, 0.5) is 0 Å². The van der Waals surface area contributed by atoms with Crippen LogP contribution in [0.25, 0.3) is 17.1 Å². The molecule has 0 radical (unpaired) electrons. The van der Waals surface area contributed by atoms with Gasteiger partial charge in [0.15, 0.2) is 0 Å². The van der Waals surface area contributed by atoms with E-state index < -0.39 is 0 Å². The highest BCUT2D eigenvalue weighted by Gasteiger charge is 2.14. The molecule has 0 fully saturated rings. The van der Waals surface area contributed by atoms with Crippen LogP contribution in [0, 0.1) is 0 Å². The van der Waals surface area contributed by atoms with Crippen LogP contribution in [0.15, 0.2) is 30.3 Å². The number of hydrogen-bond acceptors (Lipinski definition) is 1. The Morgan fingerprint density at radius 3 is 3.00 bits per heavy atom. The first-order valence-corrected chi connectivity index (χ1v) is 4.91. The van der Waals surface area contributed by atoms with Crippen molar-refractivity contribution in [2.45, 2.75) is 12.8 Å². The third-order valence-corrected chi connectivity index (χ3v) is 2.57. The minimum atomic E-state index is 0. The Balaban J connectivity index is 0.000000853. The molecule has 0 bridgehead atoms. The third-order valence-electron chi connectivity index (χ3n) is 2.57. The lowest BCUT2D eigenvalue weighted by Gasteiger charge is -2.04. The van der Waals surface area contributed by atoms with Gasteiger partial charge in [-0.15, -0.1) is 0 Å². The Labute approximate surface area is 94.5 Å². The van der Waals surface area contributed by atoms with Crippen molar-refractivity contribution < 1.29 is 17.4 Å². The summed E-state index contributed by atoms with van der Waals surface area (Å²) in [5, 5.41) is 0. The number of H-pyrrole nitrogens is 1. The smallest absolute Gasteiger partial charge is 0.229 e. The number of nitrogens with one attached hydrogen (secondary N) is 1. The molecular formula is C12H11ClN2. The van der Waals surface area contributed by atoms with E-state index in [1.807, 2.05) is 18.2 Å². The highest BCUT2D eigenvalue weighted by molar-refractivity contribution is 5.71. The van der Waals surface area contributed by atoms with E-state index in [2.05, 4.69) is 28.2 Å². The number of allylic oxidation sites excluding steroid dienone is 1. The number of aromatic amines is 1. The van der Waals surface area contributed by atoms with Gasteiger partial charge in [-0.05, 0) is 18.9 Å². The van der Waals surface area contributed by atoms with Crippen LogP contribution in [0.5, 0.6) is 0 Å². The zero-order valence-corrected chi connectivity index (χ0v) is 8.96. The maximum atomic E-state index is 4.63. The molecule has 2 aromatic rings. The zero-order valence-electron chi connectivity index (χ0n) is 8.20. The van der Waals surface area contributed by atoms with Gasteiger partial charge < -0.3 is 12.4 Å². The summed E-state index contributed by atoms with van der Waals surface area (Å²) in [6, 6.07) is 8.16. The van der Waals surface area contributed by atoms with Crippen LogP contribution < -0.4 is 17.4 Å². The summed E-state index contributed by atoms with van der Waals surface area (Å²) in [5.74, 6) is 0. The monoisotopic (exact) mass is 218 g/mol. The van der Waals surface area contributed by atoms with Crippen LogP contribution in [-0.4, -0.2) is 4.98 Å². The Morgan fingerprint density at radius 1 is 1.20 bits per heavy atom. The van der Waals surface area contributed by atoms with Crippen molar-refractivity contribution in [2.75, 3.05) is 0 Å². The number of hydrogen-bond donors (Lipinski definition) is 0. The quantitative estimate of drug-likeness (QED) is 0.558. The Hall–Kier alpha value is -1.41. The molecule has 1 aromatic carbocycles. The van der Waals surface area contributed by atoms with E-state index in [-0.39, 0.29) is 12.4 Å². The second kappa shape index (κ2) is 3.99. The summed E-state index contributed by atoms with van der Waals surface area (Å²) in [4.78, 5) is 8.03. The van der Waals surface area contributed by atoms with Gasteiger partial charge in [0.1, 0.15) is 11.2 Å². The molecule has 0 aliphatic heterocycles. The number of fused-ring (bicyclic) bond motifs is 2. The number of aromatic nitrogens is 2. The molecule has 15 heavy (non-hydrogen) atoms. The predicted octanol–water partition coefficient (Wildman–Crippen LogP) is -0.988. The van der Waals surface area contributed by atoms with Gasteiger partial charge in [0, 0.05) is 12.1 Å². The number of rotatable bonds is 0. The summed E-state index contributed by atoms with van der Waals surface area (Å²) in [7, 11) is 0. The molecule has 3 heteroatoms. The minimum absolute atomic E-state index is 0. The summed E-state index contributed by atoms with van der Waals surface area (Å²) < 4.78 is 0. The van der Waals surface area contributed by atoms with Crippen LogP contribution in [0.2, 0.25) is 0 Å². The molecule has 0 saturated carbocycles. The van der Waals surface area contributed by atoms with Crippen LogP contribution >= 0.6 is 0 Å². The topological polar surface area (TPSA) is 27.0 Å². The summed E-state index contributed by atoms with van der Waals surface area (Å²) in [5.41, 5.74) is 4.51. The fourth-order valence-electron chi connectivity index (χ4n) is 1.85. The van der Waals surface area contributed by atoms with Crippen molar-refractivity contribution in [1.29, 1.82) is 0 Å². The Morgan fingerprint density at radius 2 is 2.07 bits per heavy atom. The molecule has 1 aliphatic rings. The van der Waals surface area contributed by atoms with Gasteiger partial charge in [-0.2, -0.15) is 0 Å². The lowest BCUT2D eigenvalue weighted by molar-refractivity contribution is -0.349. The van der Waals surface area contributed by atoms with Crippen LogP contribution in [0.3, 0.4) is 0 Å². The molecule has 0 spiro atoms. The average Bonchev–Trinajstić information content (AvgIpc) is 2.26. The average molecular weight is 219 g/mol. The molecule has 0 unspecified atom stereocenters. The molecule has 76 valence electrons. The molecule has 0 atom stereocenters. The minimum Gasteiger partial charge on any atom is -1.00 e. The molecule has 1 N–H and O–H groups in total. The number of halogens is 1. The van der Waals surface area contributed by atoms with Crippen LogP contribution in [-0.2, 0) is 6.42 Å². The number of benzene rings is 1. The molecule has 0 saturated heterocycles. The van der Waals surface area contributed by atoms with Gasteiger partial charge >= 0.3 is 0 Å². The van der Waals surface area contributed by atoms with E-state index in [1.165, 1.54) is 5.69 Å². The van der Waals surface area contributed by atoms with Gasteiger partial charge in [-0.3, -0.25) is 0 Å². The second-order valence-corrected chi connectivity index (χ2v) is 3.56. The van der Waals surface area contributed by atoms with E-state index >= 15 is 0 Å². The van der Waals surface area contributed by atoms with Crippen molar-refractivity contribution in [1.82, 2.24) is 4.98 Å². The van der Waals surface area contributed by atoms with Gasteiger partial charge in [-0.1, -0.05) is 18.2 Å². The lowest BCUT2D eigenvalue weighted by atomic mass is 10.1. The van der Waals surface area contributed by atoms with Crippen LogP contribution in [0.1, 0.15) is 17.8 Å². The lowest BCUT2D eigenvalue weighted by Crippen LogP contribution is -3.00. The normalized spacial score (nSPS) is 13.3. The largest absolute Gasteiger partial charge is 1.00 e. The standard InChI is InChI=1S/C12H10N2.ClH/c1-2-6-10-9(5-1)13-11-7-3-4-8-12(11)14-10;/h1-3,5-7H,4,8H2;1H. The van der Waals surface area contributed by atoms with Gasteiger partial charge in [-0.25, -0.2) is 9.97 Å². The third kappa shape index (κ3) is 1.73. The van der Waals surface area contributed by atoms with E-state index in [9.17, 15) is 0 Å². The first-order chi connectivity index (χ1) is 6.93. The van der Waals surface area contributed by atoms with E-state index in [0.717, 1.165) is 29.6 Å². The first-order valence-electron chi connectivity index (χ1n) is 4.91. The van der Waals surface area contributed by atoms with Crippen molar-refractivity contribution in [3.05, 3.63) is 41.7 Å². The van der Waals surface area contributed by atoms with Gasteiger partial charge in [0.2, 0.25) is 11.2 Å². The fourth-order valence-corrected chi connectivity index (χ4v) is 1.85. The second-order valence-electron chi connectivity index (χ2n) is 3.56. The first kappa shape index (κ1) is 10.1. The molecule has 1 aliphatic carbocycles. The molecule has 1 heterocycles. The SMILES string of the molecule is C1=Cc2[nH+]c3ccccc3nc2CC1.[Cl-]. The highest BCUT2D eigenvalue weighted by Crippen LogP contribution is 2.15. The summed E-state index contributed by atoms with van der Waals surface area (Å²) >= 11 is 0. The summed E-state index contributed by atoms with van der Waals surface area (Å²) in [6.45, 7) is 0. The van der Waals surface area contributed by atoms with E-state index in [0.29, 0.717) is 0 Å². The van der Waals surface area contributed by atoms with Crippen molar-refractivity contribution in [3.8, 4) is 0 Å². The molecule has 1 aromatic heterocycles. The highest BCUT2D eigenvalue weighted by atomic mass is 35.5. The van der Waals surface area contributed by atoms with Gasteiger partial charge in [0.25, 0.3) is 0 Å². The molecular weight excluding hydrogens is 208 g/mol. The van der Waals surface area contributed by atoms with E-state index in [4.69, 9.17) is 0 Å². The maximum Gasteiger partial charge on any atom is 0.229 e. The molecule has 2 nitrogen and oxygen atoms in total.